The molecule has 0 aromatic heterocycles. The van der Waals surface area contributed by atoms with Gasteiger partial charge in [-0.25, -0.2) is 0 Å². The molecule has 9 nitrogen and oxygen atoms in total. The van der Waals surface area contributed by atoms with Gasteiger partial charge in [-0.1, -0.05) is 12.1 Å². The van der Waals surface area contributed by atoms with E-state index in [9.17, 15) is 23.1 Å². The van der Waals surface area contributed by atoms with Crippen molar-refractivity contribution in [3.8, 4) is 0 Å². The minimum absolute atomic E-state index is 0.165. The van der Waals surface area contributed by atoms with E-state index in [2.05, 4.69) is 0 Å². The Morgan fingerprint density at radius 1 is 1.32 bits per heavy atom. The maximum Gasteiger partial charge on any atom is 0.337 e. The van der Waals surface area contributed by atoms with Gasteiger partial charge in [-0.15, -0.1) is 0 Å². The Labute approximate surface area is 127 Å². The molecule has 1 aromatic rings. The van der Waals surface area contributed by atoms with Crippen LogP contribution in [-0.4, -0.2) is 41.3 Å². The summed E-state index contributed by atoms with van der Waals surface area (Å²) in [6.45, 7) is 3.10. The van der Waals surface area contributed by atoms with E-state index in [-0.39, 0.29) is 11.3 Å². The first kappa shape index (κ1) is 16.8. The second kappa shape index (κ2) is 5.56. The molecule has 0 aliphatic carbocycles. The van der Waals surface area contributed by atoms with Crippen molar-refractivity contribution in [3.05, 3.63) is 39.9 Å². The van der Waals surface area contributed by atoms with Crippen molar-refractivity contribution in [3.63, 3.8) is 0 Å². The third kappa shape index (κ3) is 3.25. The van der Waals surface area contributed by atoms with Gasteiger partial charge in [-0.3, -0.25) is 14.7 Å². The molecule has 1 saturated heterocycles. The van der Waals surface area contributed by atoms with Crippen LogP contribution in [-0.2, 0) is 19.8 Å². The first-order valence-electron chi connectivity index (χ1n) is 6.32. The van der Waals surface area contributed by atoms with Crippen LogP contribution in [0.1, 0.15) is 25.5 Å². The van der Waals surface area contributed by atoms with Crippen molar-refractivity contribution in [1.29, 1.82) is 0 Å². The van der Waals surface area contributed by atoms with E-state index in [1.807, 2.05) is 0 Å². The van der Waals surface area contributed by atoms with E-state index >= 15 is 0 Å². The topological polar surface area (TPSA) is 119 Å². The maximum atomic E-state index is 11.3. The summed E-state index contributed by atoms with van der Waals surface area (Å²) < 4.78 is 43.5. The predicted octanol–water partition coefficient (Wildman–Crippen LogP) is 1.48. The average molecular weight is 332 g/mol. The van der Waals surface area contributed by atoms with Gasteiger partial charge in [0.15, 0.2) is 12.0 Å². The summed E-state index contributed by atoms with van der Waals surface area (Å²) in [6.07, 6.45) is -2.28. The van der Waals surface area contributed by atoms with Crippen molar-refractivity contribution >= 4 is 16.0 Å². The van der Waals surface area contributed by atoms with Crippen molar-refractivity contribution in [1.82, 2.24) is 4.31 Å². The lowest BCUT2D eigenvalue weighted by Gasteiger charge is -2.24. The number of para-hydroxylation sites is 1. The summed E-state index contributed by atoms with van der Waals surface area (Å²) in [5.41, 5.74) is -0.0545. The highest BCUT2D eigenvalue weighted by molar-refractivity contribution is 7.83. The van der Waals surface area contributed by atoms with Crippen LogP contribution in [0, 0.1) is 10.1 Å². The second-order valence-electron chi connectivity index (χ2n) is 5.26. The summed E-state index contributed by atoms with van der Waals surface area (Å²) in [4.78, 5) is 10.6. The van der Waals surface area contributed by atoms with E-state index in [4.69, 9.17) is 9.47 Å². The Morgan fingerprint density at radius 3 is 2.45 bits per heavy atom. The van der Waals surface area contributed by atoms with Crippen LogP contribution >= 0.6 is 0 Å². The van der Waals surface area contributed by atoms with Gasteiger partial charge >= 0.3 is 10.3 Å². The zero-order valence-electron chi connectivity index (χ0n) is 12.2. The van der Waals surface area contributed by atoms with Gasteiger partial charge in [0.25, 0.3) is 5.69 Å². The number of hydrogen-bond acceptors (Lipinski definition) is 6. The fourth-order valence-corrected chi connectivity index (χ4v) is 2.67. The first-order valence-corrected chi connectivity index (χ1v) is 7.72. The molecule has 0 saturated carbocycles. The van der Waals surface area contributed by atoms with Crippen LogP contribution in [0.2, 0.25) is 0 Å². The fourth-order valence-electron chi connectivity index (χ4n) is 2.25. The number of hydrogen-bond donors (Lipinski definition) is 1. The van der Waals surface area contributed by atoms with E-state index in [1.54, 1.807) is 19.9 Å². The molecule has 1 heterocycles. The SMILES string of the molecule is CN(C1OC(C)(C)OC1c1ccccc1[N+](=O)[O-])S(=O)(=O)O. The molecule has 1 fully saturated rings. The predicted molar refractivity (Wildman–Crippen MR) is 75.2 cm³/mol. The second-order valence-corrected chi connectivity index (χ2v) is 6.73. The van der Waals surface area contributed by atoms with Crippen molar-refractivity contribution in [2.24, 2.45) is 0 Å². The van der Waals surface area contributed by atoms with Gasteiger partial charge in [0, 0.05) is 13.1 Å². The Bertz CT molecular complexity index is 688. The van der Waals surface area contributed by atoms with Gasteiger partial charge < -0.3 is 9.47 Å². The third-order valence-corrected chi connectivity index (χ3v) is 4.17. The first-order chi connectivity index (χ1) is 10.0. The van der Waals surface area contributed by atoms with E-state index in [0.29, 0.717) is 4.31 Å². The van der Waals surface area contributed by atoms with Crippen molar-refractivity contribution < 1.29 is 27.4 Å². The molecule has 2 rings (SSSR count). The fraction of sp³-hybridized carbons (Fsp3) is 0.500. The molecule has 0 amide bonds. The number of nitro benzene ring substituents is 1. The Kier molecular flexibility index (Phi) is 4.24. The normalized spacial score (nSPS) is 24.6. The highest BCUT2D eigenvalue weighted by Crippen LogP contribution is 2.42. The number of benzene rings is 1. The maximum absolute atomic E-state index is 11.3. The average Bonchev–Trinajstić information content (AvgIpc) is 2.72. The summed E-state index contributed by atoms with van der Waals surface area (Å²) >= 11 is 0. The zero-order valence-corrected chi connectivity index (χ0v) is 13.0. The molecule has 2 atom stereocenters. The number of nitrogens with zero attached hydrogens (tertiary/aromatic N) is 2. The smallest absolute Gasteiger partial charge is 0.337 e. The zero-order chi connectivity index (χ0) is 16.7. The molecular formula is C12H16N2O7S. The summed E-state index contributed by atoms with van der Waals surface area (Å²) in [5, 5.41) is 11.1. The molecule has 0 bridgehead atoms. The van der Waals surface area contributed by atoms with Gasteiger partial charge in [-0.2, -0.15) is 12.7 Å². The van der Waals surface area contributed by atoms with Crippen molar-refractivity contribution in [2.75, 3.05) is 7.05 Å². The minimum Gasteiger partial charge on any atom is -0.338 e. The molecule has 0 radical (unpaired) electrons. The molecule has 122 valence electrons. The van der Waals surface area contributed by atoms with Crippen LogP contribution < -0.4 is 0 Å². The van der Waals surface area contributed by atoms with E-state index < -0.39 is 33.3 Å². The van der Waals surface area contributed by atoms with Gasteiger partial charge in [0.05, 0.1) is 10.5 Å². The van der Waals surface area contributed by atoms with Crippen LogP contribution in [0.25, 0.3) is 0 Å². The number of nitro groups is 1. The molecule has 1 aliphatic rings. The lowest BCUT2D eigenvalue weighted by Crippen LogP contribution is -2.40. The molecule has 0 spiro atoms. The highest BCUT2D eigenvalue weighted by atomic mass is 32.2. The molecular weight excluding hydrogens is 316 g/mol. The van der Waals surface area contributed by atoms with E-state index in [0.717, 1.165) is 7.05 Å². The quantitative estimate of drug-likeness (QED) is 0.504. The lowest BCUT2D eigenvalue weighted by atomic mass is 10.1. The van der Waals surface area contributed by atoms with Gasteiger partial charge in [0.2, 0.25) is 0 Å². The van der Waals surface area contributed by atoms with E-state index in [1.165, 1.54) is 18.2 Å². The minimum atomic E-state index is -4.55. The molecule has 22 heavy (non-hydrogen) atoms. The number of likely N-dealkylation sites (N-methyl/N-ethyl adjacent to an activating group) is 1. The number of rotatable bonds is 4. The molecule has 1 aliphatic heterocycles. The molecule has 10 heteroatoms. The highest BCUT2D eigenvalue weighted by Gasteiger charge is 2.48. The van der Waals surface area contributed by atoms with Gasteiger partial charge in [0.1, 0.15) is 6.10 Å². The van der Waals surface area contributed by atoms with Crippen LogP contribution in [0.15, 0.2) is 24.3 Å². The van der Waals surface area contributed by atoms with Crippen LogP contribution in [0.4, 0.5) is 5.69 Å². The Hall–Kier alpha value is -1.59. The summed E-state index contributed by atoms with van der Waals surface area (Å²) in [6, 6.07) is 5.80. The molecule has 2 unspecified atom stereocenters. The van der Waals surface area contributed by atoms with Crippen LogP contribution in [0.3, 0.4) is 0 Å². The van der Waals surface area contributed by atoms with Crippen molar-refractivity contribution in [2.45, 2.75) is 32.0 Å². The molecule has 1 aromatic carbocycles. The lowest BCUT2D eigenvalue weighted by molar-refractivity contribution is -0.386. The Balaban J connectivity index is 2.50. The molecule has 1 N–H and O–H groups in total. The summed E-state index contributed by atoms with van der Waals surface area (Å²) in [7, 11) is -3.45. The standard InChI is InChI=1S/C12H16N2O7S/c1-12(2)20-10(11(21-12)13(3)22(17,18)19)8-6-4-5-7-9(8)14(15)16/h4-7,10-11H,1-3H3,(H,17,18,19). The summed E-state index contributed by atoms with van der Waals surface area (Å²) in [5.74, 6) is -1.17. The largest absolute Gasteiger partial charge is 0.338 e. The Morgan fingerprint density at radius 2 is 1.91 bits per heavy atom. The van der Waals surface area contributed by atoms with Crippen LogP contribution in [0.5, 0.6) is 0 Å². The monoisotopic (exact) mass is 332 g/mol. The third-order valence-electron chi connectivity index (χ3n) is 3.24. The number of ether oxygens (including phenoxy) is 2. The van der Waals surface area contributed by atoms with Gasteiger partial charge in [-0.05, 0) is 19.9 Å².